The number of nitrogens with zero attached hydrogens (tertiary/aromatic N) is 1. The van der Waals surface area contributed by atoms with E-state index in [1.807, 2.05) is 30.3 Å². The number of carbonyl (C=O) groups excluding carboxylic acids is 1. The topological polar surface area (TPSA) is 48.0 Å². The molecule has 1 amide bonds. The highest BCUT2D eigenvalue weighted by Crippen LogP contribution is 2.48. The van der Waals surface area contributed by atoms with Gasteiger partial charge in [0.15, 0.2) is 0 Å². The zero-order chi connectivity index (χ0) is 18.9. The second-order valence-electron chi connectivity index (χ2n) is 6.39. The van der Waals surface area contributed by atoms with Crippen LogP contribution in [0.4, 0.5) is 5.69 Å². The number of hydrogen-bond donors (Lipinski definition) is 0. The molecule has 0 bridgehead atoms. The predicted octanol–water partition coefficient (Wildman–Crippen LogP) is 4.40. The molecule has 2 aromatic carbocycles. The van der Waals surface area contributed by atoms with Crippen molar-refractivity contribution < 1.29 is 19.0 Å². The van der Waals surface area contributed by atoms with Gasteiger partial charge < -0.3 is 19.1 Å². The van der Waals surface area contributed by atoms with Gasteiger partial charge in [-0.2, -0.15) is 0 Å². The van der Waals surface area contributed by atoms with E-state index in [1.54, 1.807) is 17.0 Å². The second-order valence-corrected chi connectivity index (χ2v) is 7.21. The van der Waals surface area contributed by atoms with Crippen LogP contribution >= 0.6 is 23.2 Å². The molecule has 0 radical (unpaired) electrons. The molecule has 0 N–H and O–H groups in total. The molecule has 0 saturated carbocycles. The first kappa shape index (κ1) is 18.6. The Bertz CT molecular complexity index is 852. The highest BCUT2D eigenvalue weighted by Gasteiger charge is 2.55. The summed E-state index contributed by atoms with van der Waals surface area (Å²) in [7, 11) is 0. The minimum absolute atomic E-state index is 0.233. The van der Waals surface area contributed by atoms with Gasteiger partial charge in [0, 0.05) is 12.1 Å². The lowest BCUT2D eigenvalue weighted by molar-refractivity contribution is -0.256. The molecule has 0 aliphatic carbocycles. The van der Waals surface area contributed by atoms with Crippen LogP contribution in [0, 0.1) is 0 Å². The maximum absolute atomic E-state index is 13.2. The second kappa shape index (κ2) is 7.68. The lowest BCUT2D eigenvalue weighted by atomic mass is 10.1. The summed E-state index contributed by atoms with van der Waals surface area (Å²) in [6, 6.07) is 12.7. The number of hydrogen-bond acceptors (Lipinski definition) is 4. The molecule has 2 heterocycles. The Kier molecular flexibility index (Phi) is 5.28. The third kappa shape index (κ3) is 3.29. The summed E-state index contributed by atoms with van der Waals surface area (Å²) in [6.07, 6.45) is 1.37. The lowest BCUT2D eigenvalue weighted by Crippen LogP contribution is -2.47. The minimum atomic E-state index is -1.37. The highest BCUT2D eigenvalue weighted by atomic mass is 35.5. The van der Waals surface area contributed by atoms with E-state index in [4.69, 9.17) is 37.4 Å². The Morgan fingerprint density at radius 3 is 2.56 bits per heavy atom. The highest BCUT2D eigenvalue weighted by molar-refractivity contribution is 6.35. The third-order valence-corrected chi connectivity index (χ3v) is 5.27. The van der Waals surface area contributed by atoms with Gasteiger partial charge in [-0.15, -0.1) is 0 Å². The maximum Gasteiger partial charge on any atom is 0.292 e. The molecule has 0 unspecified atom stereocenters. The van der Waals surface area contributed by atoms with Crippen LogP contribution in [0.15, 0.2) is 42.5 Å². The summed E-state index contributed by atoms with van der Waals surface area (Å²) >= 11 is 12.5. The van der Waals surface area contributed by atoms with Crippen LogP contribution in [0.3, 0.4) is 0 Å². The summed E-state index contributed by atoms with van der Waals surface area (Å²) in [4.78, 5) is 14.8. The number of halogens is 2. The SMILES string of the molecule is O=C1N(CCCOc2ccccc2Cl)c2c(Cl)cccc2C12OCCCO2. The van der Waals surface area contributed by atoms with E-state index in [1.165, 1.54) is 0 Å². The van der Waals surface area contributed by atoms with Gasteiger partial charge in [-0.25, -0.2) is 0 Å². The van der Waals surface area contributed by atoms with E-state index >= 15 is 0 Å². The van der Waals surface area contributed by atoms with Crippen molar-refractivity contribution in [1.82, 2.24) is 0 Å². The Labute approximate surface area is 167 Å². The fourth-order valence-corrected chi connectivity index (χ4v) is 3.91. The fourth-order valence-electron chi connectivity index (χ4n) is 3.44. The largest absolute Gasteiger partial charge is 0.492 e. The van der Waals surface area contributed by atoms with Gasteiger partial charge in [0.05, 0.1) is 35.6 Å². The van der Waals surface area contributed by atoms with Crippen LogP contribution in [-0.4, -0.2) is 32.3 Å². The van der Waals surface area contributed by atoms with Crippen molar-refractivity contribution in [1.29, 1.82) is 0 Å². The zero-order valence-corrected chi connectivity index (χ0v) is 16.1. The molecule has 27 heavy (non-hydrogen) atoms. The molecule has 1 fully saturated rings. The van der Waals surface area contributed by atoms with E-state index < -0.39 is 5.79 Å². The smallest absolute Gasteiger partial charge is 0.292 e. The molecule has 0 atom stereocenters. The Morgan fingerprint density at radius 1 is 1.04 bits per heavy atom. The quantitative estimate of drug-likeness (QED) is 0.689. The molecule has 5 nitrogen and oxygen atoms in total. The average molecular weight is 408 g/mol. The first-order valence-corrected chi connectivity index (χ1v) is 9.65. The number of amides is 1. The standard InChI is InChI=1S/C20H19Cl2NO4/c21-15-7-1-2-9-17(15)25-11-4-10-23-18-14(6-3-8-16(18)22)20(19(23)24)26-12-5-13-27-20/h1-3,6-9H,4-5,10-13H2. The van der Waals surface area contributed by atoms with Gasteiger partial charge >= 0.3 is 0 Å². The molecule has 7 heteroatoms. The molecule has 1 spiro atoms. The van der Waals surface area contributed by atoms with Crippen molar-refractivity contribution in [2.75, 3.05) is 31.3 Å². The van der Waals surface area contributed by atoms with Crippen molar-refractivity contribution in [3.05, 3.63) is 58.1 Å². The van der Waals surface area contributed by atoms with Gasteiger partial charge in [-0.1, -0.05) is 47.5 Å². The molecule has 142 valence electrons. The van der Waals surface area contributed by atoms with Crippen molar-refractivity contribution in [2.45, 2.75) is 18.6 Å². The van der Waals surface area contributed by atoms with E-state index in [-0.39, 0.29) is 5.91 Å². The number of benzene rings is 2. The minimum Gasteiger partial charge on any atom is -0.492 e. The van der Waals surface area contributed by atoms with Crippen LogP contribution in [0.25, 0.3) is 0 Å². The molecular formula is C20H19Cl2NO4. The Morgan fingerprint density at radius 2 is 1.78 bits per heavy atom. The molecule has 1 saturated heterocycles. The van der Waals surface area contributed by atoms with Crippen molar-refractivity contribution in [2.24, 2.45) is 0 Å². The summed E-state index contributed by atoms with van der Waals surface area (Å²) in [5.41, 5.74) is 1.33. The number of carbonyl (C=O) groups is 1. The van der Waals surface area contributed by atoms with Crippen LogP contribution in [-0.2, 0) is 20.1 Å². The predicted molar refractivity (Wildman–Crippen MR) is 104 cm³/mol. The first-order valence-electron chi connectivity index (χ1n) is 8.90. The van der Waals surface area contributed by atoms with Crippen LogP contribution in [0.5, 0.6) is 5.75 Å². The van der Waals surface area contributed by atoms with Crippen molar-refractivity contribution >= 4 is 34.8 Å². The molecule has 2 aliphatic rings. The maximum atomic E-state index is 13.2. The monoisotopic (exact) mass is 407 g/mol. The molecule has 2 aliphatic heterocycles. The normalized spacial score (nSPS) is 18.0. The number of para-hydroxylation sites is 2. The summed E-state index contributed by atoms with van der Waals surface area (Å²) in [6.45, 7) is 1.80. The van der Waals surface area contributed by atoms with Gasteiger partial charge in [0.25, 0.3) is 11.7 Å². The van der Waals surface area contributed by atoms with Crippen LogP contribution in [0.2, 0.25) is 10.0 Å². The first-order chi connectivity index (χ1) is 13.1. The fraction of sp³-hybridized carbons (Fsp3) is 0.350. The van der Waals surface area contributed by atoms with Crippen molar-refractivity contribution in [3.63, 3.8) is 0 Å². The Balaban J connectivity index is 1.50. The van der Waals surface area contributed by atoms with E-state index in [9.17, 15) is 4.79 Å². The average Bonchev–Trinajstić information content (AvgIpc) is 2.91. The van der Waals surface area contributed by atoms with E-state index in [0.717, 1.165) is 6.42 Å². The summed E-state index contributed by atoms with van der Waals surface area (Å²) in [5.74, 6) is -0.981. The van der Waals surface area contributed by atoms with Crippen molar-refractivity contribution in [3.8, 4) is 5.75 Å². The summed E-state index contributed by atoms with van der Waals surface area (Å²) in [5, 5.41) is 1.06. The molecule has 0 aromatic heterocycles. The third-order valence-electron chi connectivity index (χ3n) is 4.66. The van der Waals surface area contributed by atoms with E-state index in [2.05, 4.69) is 0 Å². The van der Waals surface area contributed by atoms with Crippen LogP contribution in [0.1, 0.15) is 18.4 Å². The lowest BCUT2D eigenvalue weighted by Gasteiger charge is -2.32. The van der Waals surface area contributed by atoms with Gasteiger partial charge in [0.2, 0.25) is 0 Å². The number of fused-ring (bicyclic) bond motifs is 2. The van der Waals surface area contributed by atoms with Gasteiger partial charge in [-0.05, 0) is 31.0 Å². The number of anilines is 1. The number of ether oxygens (including phenoxy) is 3. The van der Waals surface area contributed by atoms with Gasteiger partial charge in [0.1, 0.15) is 5.75 Å². The van der Waals surface area contributed by atoms with E-state index in [0.29, 0.717) is 59.8 Å². The Hall–Kier alpha value is -1.79. The summed E-state index contributed by atoms with van der Waals surface area (Å²) < 4.78 is 17.4. The zero-order valence-electron chi connectivity index (χ0n) is 14.6. The molecule has 4 rings (SSSR count). The van der Waals surface area contributed by atoms with Crippen LogP contribution < -0.4 is 9.64 Å². The number of rotatable bonds is 5. The molecular weight excluding hydrogens is 389 g/mol. The molecule has 2 aromatic rings. The van der Waals surface area contributed by atoms with Gasteiger partial charge in [-0.3, -0.25) is 4.79 Å².